The van der Waals surface area contributed by atoms with Crippen molar-refractivity contribution in [3.63, 3.8) is 0 Å². The van der Waals surface area contributed by atoms with Crippen LogP contribution in [-0.4, -0.2) is 27.8 Å². The van der Waals surface area contributed by atoms with E-state index in [4.69, 9.17) is 0 Å². The minimum Gasteiger partial charge on any atom is -0.317 e. The monoisotopic (exact) mass is 282 g/mol. The van der Waals surface area contributed by atoms with Crippen LogP contribution < -0.4 is 5.32 Å². The number of nitrogens with zero attached hydrogens (tertiary/aromatic N) is 3. The molecule has 0 aliphatic carbocycles. The highest BCUT2D eigenvalue weighted by atomic mass is 16.6. The predicted octanol–water partition coefficient (Wildman–Crippen LogP) is 3.03. The lowest BCUT2D eigenvalue weighted by Gasteiger charge is -2.28. The molecule has 1 aromatic rings. The molecule has 0 spiro atoms. The Bertz CT molecular complexity index is 480. The molecule has 0 bridgehead atoms. The molecule has 0 fully saturated rings. The fourth-order valence-electron chi connectivity index (χ4n) is 2.80. The average Bonchev–Trinajstić information content (AvgIpc) is 2.66. The topological polar surface area (TPSA) is 73.0 Å². The standard InChI is InChI=1S/C14H26N4O2/c1-8(2)12(10(5)15-7)14-13(18(19)20)11(6)16-17(14)9(3)4/h8-10,12,15H,1-7H3. The van der Waals surface area contributed by atoms with Gasteiger partial charge in [-0.1, -0.05) is 13.8 Å². The highest BCUT2D eigenvalue weighted by Crippen LogP contribution is 2.37. The third kappa shape index (κ3) is 3.00. The van der Waals surface area contributed by atoms with Gasteiger partial charge in [0.1, 0.15) is 11.4 Å². The fourth-order valence-corrected chi connectivity index (χ4v) is 2.80. The normalized spacial score (nSPS) is 14.8. The smallest absolute Gasteiger partial charge is 0.313 e. The van der Waals surface area contributed by atoms with E-state index in [1.807, 2.05) is 25.6 Å². The summed E-state index contributed by atoms with van der Waals surface area (Å²) in [4.78, 5) is 11.2. The van der Waals surface area contributed by atoms with Gasteiger partial charge in [0.15, 0.2) is 0 Å². The highest BCUT2D eigenvalue weighted by molar-refractivity contribution is 5.43. The van der Waals surface area contributed by atoms with E-state index in [9.17, 15) is 10.1 Å². The van der Waals surface area contributed by atoms with Crippen molar-refractivity contribution < 1.29 is 4.92 Å². The quantitative estimate of drug-likeness (QED) is 0.643. The lowest BCUT2D eigenvalue weighted by Crippen LogP contribution is -2.34. The molecular formula is C14H26N4O2. The average molecular weight is 282 g/mol. The summed E-state index contributed by atoms with van der Waals surface area (Å²) in [6.45, 7) is 12.0. The number of aryl methyl sites for hydroxylation is 1. The number of hydrogen-bond donors (Lipinski definition) is 1. The van der Waals surface area contributed by atoms with Crippen LogP contribution in [0.1, 0.15) is 58.0 Å². The third-order valence-corrected chi connectivity index (χ3v) is 3.79. The Hall–Kier alpha value is -1.43. The molecule has 1 rings (SSSR count). The van der Waals surface area contributed by atoms with Crippen molar-refractivity contribution >= 4 is 5.69 Å². The first kappa shape index (κ1) is 16.6. The van der Waals surface area contributed by atoms with Crippen molar-refractivity contribution in [2.75, 3.05) is 7.05 Å². The largest absolute Gasteiger partial charge is 0.317 e. The second-order valence-electron chi connectivity index (χ2n) is 5.96. The zero-order valence-electron chi connectivity index (χ0n) is 13.5. The van der Waals surface area contributed by atoms with Gasteiger partial charge < -0.3 is 5.32 Å². The van der Waals surface area contributed by atoms with Gasteiger partial charge in [-0.2, -0.15) is 5.10 Å². The lowest BCUT2D eigenvalue weighted by molar-refractivity contribution is -0.386. The van der Waals surface area contributed by atoms with Crippen LogP contribution in [0, 0.1) is 23.0 Å². The van der Waals surface area contributed by atoms with Gasteiger partial charge in [-0.15, -0.1) is 0 Å². The molecule has 6 nitrogen and oxygen atoms in total. The van der Waals surface area contributed by atoms with Crippen LogP contribution in [0.2, 0.25) is 0 Å². The van der Waals surface area contributed by atoms with E-state index in [1.165, 1.54) is 0 Å². The Labute approximate surface area is 120 Å². The molecule has 0 radical (unpaired) electrons. The van der Waals surface area contributed by atoms with E-state index in [0.717, 1.165) is 5.69 Å². The number of aromatic nitrogens is 2. The molecule has 1 N–H and O–H groups in total. The number of hydrogen-bond acceptors (Lipinski definition) is 4. The van der Waals surface area contributed by atoms with Crippen molar-refractivity contribution in [1.82, 2.24) is 15.1 Å². The Morgan fingerprint density at radius 2 is 1.80 bits per heavy atom. The van der Waals surface area contributed by atoms with Crippen molar-refractivity contribution in [3.8, 4) is 0 Å². The molecule has 1 heterocycles. The first-order valence-electron chi connectivity index (χ1n) is 7.12. The molecule has 114 valence electrons. The second-order valence-corrected chi connectivity index (χ2v) is 5.96. The summed E-state index contributed by atoms with van der Waals surface area (Å²) < 4.78 is 1.81. The van der Waals surface area contributed by atoms with Crippen molar-refractivity contribution in [1.29, 1.82) is 0 Å². The second kappa shape index (κ2) is 6.35. The van der Waals surface area contributed by atoms with Crippen LogP contribution in [0.25, 0.3) is 0 Å². The summed E-state index contributed by atoms with van der Waals surface area (Å²) in [6, 6.07) is 0.241. The first-order chi connectivity index (χ1) is 9.22. The molecule has 0 saturated carbocycles. The Morgan fingerprint density at radius 3 is 2.15 bits per heavy atom. The number of rotatable bonds is 6. The molecular weight excluding hydrogens is 256 g/mol. The molecule has 6 heteroatoms. The molecule has 1 aromatic heterocycles. The predicted molar refractivity (Wildman–Crippen MR) is 80.1 cm³/mol. The van der Waals surface area contributed by atoms with Crippen LogP contribution in [0.3, 0.4) is 0 Å². The lowest BCUT2D eigenvalue weighted by atomic mass is 9.85. The van der Waals surface area contributed by atoms with E-state index in [-0.39, 0.29) is 34.5 Å². The first-order valence-corrected chi connectivity index (χ1v) is 7.12. The molecule has 0 aliphatic rings. The van der Waals surface area contributed by atoms with Gasteiger partial charge in [-0.05, 0) is 40.7 Å². The summed E-state index contributed by atoms with van der Waals surface area (Å²) >= 11 is 0. The SMILES string of the molecule is CNC(C)C(c1c([N+](=O)[O-])c(C)nn1C(C)C)C(C)C. The molecule has 0 saturated heterocycles. The van der Waals surface area contributed by atoms with E-state index in [0.29, 0.717) is 5.69 Å². The maximum atomic E-state index is 11.4. The van der Waals surface area contributed by atoms with Crippen molar-refractivity contribution in [3.05, 3.63) is 21.5 Å². The molecule has 0 amide bonds. The summed E-state index contributed by atoms with van der Waals surface area (Å²) in [5.74, 6) is 0.328. The minimum absolute atomic E-state index is 0.0454. The van der Waals surface area contributed by atoms with Crippen LogP contribution in [0.5, 0.6) is 0 Å². The maximum absolute atomic E-state index is 11.4. The zero-order valence-corrected chi connectivity index (χ0v) is 13.5. The Balaban J connectivity index is 3.56. The van der Waals surface area contributed by atoms with Gasteiger partial charge in [0.05, 0.1) is 4.92 Å². The number of nitrogens with one attached hydrogen (secondary N) is 1. The van der Waals surface area contributed by atoms with Gasteiger partial charge in [0.25, 0.3) is 0 Å². The van der Waals surface area contributed by atoms with E-state index in [2.05, 4.69) is 31.2 Å². The van der Waals surface area contributed by atoms with Crippen LogP contribution in [0.15, 0.2) is 0 Å². The van der Waals surface area contributed by atoms with Crippen LogP contribution >= 0.6 is 0 Å². The van der Waals surface area contributed by atoms with Crippen molar-refractivity contribution in [2.24, 2.45) is 5.92 Å². The number of likely N-dealkylation sites (N-methyl/N-ethyl adjacent to an activating group) is 1. The molecule has 0 aromatic carbocycles. The third-order valence-electron chi connectivity index (χ3n) is 3.79. The fraction of sp³-hybridized carbons (Fsp3) is 0.786. The van der Waals surface area contributed by atoms with Gasteiger partial charge in [-0.3, -0.25) is 14.8 Å². The summed E-state index contributed by atoms with van der Waals surface area (Å²) in [7, 11) is 1.88. The minimum atomic E-state index is -0.297. The number of nitro groups is 1. The van der Waals surface area contributed by atoms with Crippen LogP contribution in [-0.2, 0) is 0 Å². The van der Waals surface area contributed by atoms with Gasteiger partial charge in [0, 0.05) is 18.0 Å². The molecule has 2 atom stereocenters. The van der Waals surface area contributed by atoms with E-state index >= 15 is 0 Å². The van der Waals surface area contributed by atoms with E-state index < -0.39 is 0 Å². The van der Waals surface area contributed by atoms with Gasteiger partial charge in [-0.25, -0.2) is 0 Å². The molecule has 0 aliphatic heterocycles. The zero-order chi connectivity index (χ0) is 15.6. The molecule has 2 unspecified atom stereocenters. The highest BCUT2D eigenvalue weighted by Gasteiger charge is 2.35. The Kier molecular flexibility index (Phi) is 5.28. The van der Waals surface area contributed by atoms with Gasteiger partial charge in [0.2, 0.25) is 0 Å². The summed E-state index contributed by atoms with van der Waals surface area (Å²) in [6.07, 6.45) is 0. The van der Waals surface area contributed by atoms with Gasteiger partial charge >= 0.3 is 5.69 Å². The van der Waals surface area contributed by atoms with Crippen LogP contribution in [0.4, 0.5) is 5.69 Å². The summed E-state index contributed by atoms with van der Waals surface area (Å²) in [5.41, 5.74) is 1.39. The van der Waals surface area contributed by atoms with E-state index in [1.54, 1.807) is 6.92 Å². The maximum Gasteiger partial charge on any atom is 0.313 e. The summed E-state index contributed by atoms with van der Waals surface area (Å²) in [5, 5.41) is 19.1. The molecule has 20 heavy (non-hydrogen) atoms. The Morgan fingerprint density at radius 1 is 1.25 bits per heavy atom. The van der Waals surface area contributed by atoms with Crippen molar-refractivity contribution in [2.45, 2.75) is 59.5 Å².